The lowest BCUT2D eigenvalue weighted by molar-refractivity contribution is 0.394. The first-order valence-corrected chi connectivity index (χ1v) is 10.8. The topological polar surface area (TPSA) is 63.9 Å². The highest BCUT2D eigenvalue weighted by Crippen LogP contribution is 2.38. The number of hydrogen-bond donors (Lipinski definition) is 3. The third-order valence-electron chi connectivity index (χ3n) is 4.05. The highest BCUT2D eigenvalue weighted by molar-refractivity contribution is 8.12. The molecule has 0 aromatic heterocycles. The molecule has 0 radical (unpaired) electrons. The van der Waals surface area contributed by atoms with Crippen LogP contribution in [0.4, 0.5) is 8.78 Å². The van der Waals surface area contributed by atoms with Gasteiger partial charge in [-0.25, -0.2) is 8.78 Å². The fraction of sp³-hybridized carbons (Fsp3) is 0.400. The minimum absolute atomic E-state index is 0.206. The zero-order chi connectivity index (χ0) is 20.5. The highest BCUT2D eigenvalue weighted by Gasteiger charge is 2.15. The van der Waals surface area contributed by atoms with Crippen molar-refractivity contribution >= 4 is 23.9 Å². The fourth-order valence-electron chi connectivity index (χ4n) is 2.52. The molecule has 28 heavy (non-hydrogen) atoms. The maximum Gasteiger partial charge on any atom is 0.187 e. The van der Waals surface area contributed by atoms with E-state index in [1.807, 2.05) is 3.71 Å². The minimum atomic E-state index is -1.01. The average molecular weight is 430 g/mol. The van der Waals surface area contributed by atoms with Gasteiger partial charge in [0.1, 0.15) is 0 Å². The van der Waals surface area contributed by atoms with Gasteiger partial charge < -0.3 is 15.3 Å². The molecule has 0 atom stereocenters. The van der Waals surface area contributed by atoms with Gasteiger partial charge >= 0.3 is 0 Å². The number of hydrogen-bond acceptors (Lipinski definition) is 6. The van der Waals surface area contributed by atoms with Crippen LogP contribution in [-0.4, -0.2) is 25.6 Å². The van der Waals surface area contributed by atoms with Crippen LogP contribution in [0.25, 0.3) is 0 Å². The second kappa shape index (κ2) is 11.4. The van der Waals surface area contributed by atoms with Crippen LogP contribution < -0.4 is 0 Å². The summed E-state index contributed by atoms with van der Waals surface area (Å²) < 4.78 is 29.2. The maximum atomic E-state index is 13.7. The molecule has 4 nitrogen and oxygen atoms in total. The molecule has 0 saturated carbocycles. The van der Waals surface area contributed by atoms with Crippen LogP contribution in [0.5, 0.6) is 17.2 Å². The summed E-state index contributed by atoms with van der Waals surface area (Å²) in [6.07, 6.45) is 6.69. The number of benzene rings is 2. The largest absolute Gasteiger partial charge is 0.504 e. The first-order valence-electron chi connectivity index (χ1n) is 9.24. The van der Waals surface area contributed by atoms with Crippen molar-refractivity contribution in [1.82, 2.24) is 3.71 Å². The molecular weight excluding hydrogens is 404 g/mol. The first kappa shape index (κ1) is 22.6. The summed E-state index contributed by atoms with van der Waals surface area (Å²) in [6.45, 7) is 2.82. The Kier molecular flexibility index (Phi) is 9.21. The second-order valence-electron chi connectivity index (χ2n) is 6.39. The van der Waals surface area contributed by atoms with Crippen LogP contribution in [0.1, 0.15) is 45.4 Å². The molecule has 0 saturated heterocycles. The van der Waals surface area contributed by atoms with Gasteiger partial charge in [0.25, 0.3) is 0 Å². The van der Waals surface area contributed by atoms with Gasteiger partial charge in [-0.2, -0.15) is 3.71 Å². The van der Waals surface area contributed by atoms with Crippen LogP contribution in [0.15, 0.2) is 40.1 Å². The maximum absolute atomic E-state index is 13.7. The molecule has 0 unspecified atom stereocenters. The van der Waals surface area contributed by atoms with Crippen LogP contribution in [-0.2, 0) is 0 Å². The van der Waals surface area contributed by atoms with Crippen molar-refractivity contribution in [3.63, 3.8) is 0 Å². The third kappa shape index (κ3) is 7.07. The number of phenols is 3. The predicted molar refractivity (Wildman–Crippen MR) is 110 cm³/mol. The van der Waals surface area contributed by atoms with E-state index in [2.05, 4.69) is 6.92 Å². The standard InChI is InChI=1S/C20H25F2NO3S2/c1-2-3-4-5-6-7-10-23(27-14-8-9-18(24)19(25)13-14)28-15-11-16(21)20(26)17(22)12-15/h8-9,11-13,24-26H,2-7,10H2,1H3. The van der Waals surface area contributed by atoms with Gasteiger partial charge in [-0.05, 0) is 60.6 Å². The molecule has 0 aliphatic heterocycles. The summed E-state index contributed by atoms with van der Waals surface area (Å²) in [5.41, 5.74) is 0. The Morgan fingerprint density at radius 1 is 0.786 bits per heavy atom. The number of halogens is 2. The number of rotatable bonds is 11. The zero-order valence-electron chi connectivity index (χ0n) is 15.7. The Hall–Kier alpha value is -1.64. The number of aromatic hydroxyl groups is 3. The van der Waals surface area contributed by atoms with Gasteiger partial charge in [0, 0.05) is 16.3 Å². The summed E-state index contributed by atoms with van der Waals surface area (Å²) in [5, 5.41) is 28.4. The SMILES string of the molecule is CCCCCCCCN(Sc1ccc(O)c(O)c1)Sc1cc(F)c(O)c(F)c1. The van der Waals surface area contributed by atoms with Crippen LogP contribution in [0, 0.1) is 11.6 Å². The second-order valence-corrected chi connectivity index (χ2v) is 8.81. The third-order valence-corrected chi connectivity index (χ3v) is 6.18. The van der Waals surface area contributed by atoms with Crippen molar-refractivity contribution in [2.45, 2.75) is 55.2 Å². The van der Waals surface area contributed by atoms with Gasteiger partial charge in [-0.15, -0.1) is 0 Å². The van der Waals surface area contributed by atoms with Crippen LogP contribution >= 0.6 is 23.9 Å². The minimum Gasteiger partial charge on any atom is -0.504 e. The molecule has 2 aromatic rings. The van der Waals surface area contributed by atoms with E-state index in [9.17, 15) is 24.1 Å². The summed E-state index contributed by atoms with van der Waals surface area (Å²) in [4.78, 5) is 1.02. The summed E-state index contributed by atoms with van der Waals surface area (Å²) >= 11 is 2.47. The monoisotopic (exact) mass is 429 g/mol. The van der Waals surface area contributed by atoms with Crippen molar-refractivity contribution < 1.29 is 24.1 Å². The van der Waals surface area contributed by atoms with E-state index in [-0.39, 0.29) is 11.5 Å². The molecule has 154 valence electrons. The first-order chi connectivity index (χ1) is 13.4. The predicted octanol–water partition coefficient (Wildman–Crippen LogP) is 6.46. The van der Waals surface area contributed by atoms with E-state index in [1.54, 1.807) is 6.07 Å². The summed E-state index contributed by atoms with van der Waals surface area (Å²) in [6, 6.07) is 6.67. The molecule has 0 amide bonds. The highest BCUT2D eigenvalue weighted by atomic mass is 32.2. The Labute approximate surface area is 172 Å². The van der Waals surface area contributed by atoms with E-state index in [0.29, 0.717) is 16.3 Å². The molecular formula is C20H25F2NO3S2. The molecule has 0 fully saturated rings. The van der Waals surface area contributed by atoms with Gasteiger partial charge in [0.2, 0.25) is 0 Å². The van der Waals surface area contributed by atoms with Gasteiger partial charge in [0.15, 0.2) is 28.9 Å². The molecule has 2 rings (SSSR count). The van der Waals surface area contributed by atoms with E-state index >= 15 is 0 Å². The average Bonchev–Trinajstić information content (AvgIpc) is 2.65. The Bertz CT molecular complexity index is 754. The smallest absolute Gasteiger partial charge is 0.187 e. The van der Waals surface area contributed by atoms with Crippen LogP contribution in [0.2, 0.25) is 0 Å². The van der Waals surface area contributed by atoms with Crippen molar-refractivity contribution in [3.8, 4) is 17.2 Å². The molecule has 0 aliphatic rings. The Balaban J connectivity index is 2.05. The lowest BCUT2D eigenvalue weighted by atomic mass is 10.1. The van der Waals surface area contributed by atoms with Gasteiger partial charge in [-0.3, -0.25) is 0 Å². The normalized spacial score (nSPS) is 11.3. The van der Waals surface area contributed by atoms with Crippen molar-refractivity contribution in [1.29, 1.82) is 0 Å². The Morgan fingerprint density at radius 2 is 1.39 bits per heavy atom. The molecule has 0 heterocycles. The number of phenolic OH excluding ortho intramolecular Hbond substituents is 3. The lowest BCUT2D eigenvalue weighted by Gasteiger charge is -2.20. The van der Waals surface area contributed by atoms with Crippen LogP contribution in [0.3, 0.4) is 0 Å². The van der Waals surface area contributed by atoms with E-state index in [0.717, 1.165) is 43.3 Å². The lowest BCUT2D eigenvalue weighted by Crippen LogP contribution is -2.08. The Morgan fingerprint density at radius 3 is 2.04 bits per heavy atom. The van der Waals surface area contributed by atoms with E-state index in [4.69, 9.17) is 0 Å². The van der Waals surface area contributed by atoms with E-state index < -0.39 is 17.4 Å². The zero-order valence-corrected chi connectivity index (χ0v) is 17.3. The summed E-state index contributed by atoms with van der Waals surface area (Å²) in [5.74, 6) is -3.43. The number of unbranched alkanes of at least 4 members (excludes halogenated alkanes) is 5. The molecule has 8 heteroatoms. The molecule has 0 bridgehead atoms. The quantitative estimate of drug-likeness (QED) is 0.216. The van der Waals surface area contributed by atoms with E-state index in [1.165, 1.54) is 43.3 Å². The van der Waals surface area contributed by atoms with Crippen molar-refractivity contribution in [3.05, 3.63) is 42.0 Å². The molecule has 0 aliphatic carbocycles. The molecule has 3 N–H and O–H groups in total. The van der Waals surface area contributed by atoms with Crippen molar-refractivity contribution in [2.24, 2.45) is 0 Å². The summed E-state index contributed by atoms with van der Waals surface area (Å²) in [7, 11) is 0. The van der Waals surface area contributed by atoms with Gasteiger partial charge in [0.05, 0.1) is 0 Å². The number of nitrogens with zero attached hydrogens (tertiary/aromatic N) is 1. The van der Waals surface area contributed by atoms with Crippen molar-refractivity contribution in [2.75, 3.05) is 6.54 Å². The molecule has 2 aromatic carbocycles. The fourth-order valence-corrected chi connectivity index (χ4v) is 4.70. The van der Waals surface area contributed by atoms with Gasteiger partial charge in [-0.1, -0.05) is 39.0 Å². The molecule has 0 spiro atoms.